The van der Waals surface area contributed by atoms with Crippen molar-refractivity contribution in [1.29, 1.82) is 0 Å². The van der Waals surface area contributed by atoms with Crippen LogP contribution in [0.1, 0.15) is 0 Å². The van der Waals surface area contributed by atoms with E-state index in [4.69, 9.17) is 9.47 Å². The molecule has 0 spiro atoms. The topological polar surface area (TPSA) is 92.0 Å². The van der Waals surface area contributed by atoms with Gasteiger partial charge in [0, 0.05) is 11.8 Å². The SMILES string of the molecule is COc1ccc(O[C@@H]2SC[C@@H](O)[C@H](O)[C@H]2O)cn1. The van der Waals surface area contributed by atoms with E-state index in [1.807, 2.05) is 0 Å². The maximum Gasteiger partial charge on any atom is 0.213 e. The first-order chi connectivity index (χ1) is 8.61. The third-order valence-corrected chi connectivity index (χ3v) is 3.86. The third-order valence-electron chi connectivity index (χ3n) is 2.62. The van der Waals surface area contributed by atoms with E-state index < -0.39 is 23.7 Å². The molecule has 100 valence electrons. The molecule has 18 heavy (non-hydrogen) atoms. The Labute approximate surface area is 109 Å². The van der Waals surface area contributed by atoms with E-state index in [1.165, 1.54) is 25.1 Å². The first-order valence-electron chi connectivity index (χ1n) is 5.44. The fourth-order valence-corrected chi connectivity index (χ4v) is 2.70. The molecule has 2 rings (SSSR count). The van der Waals surface area contributed by atoms with Gasteiger partial charge in [-0.25, -0.2) is 4.98 Å². The molecule has 1 aromatic rings. The highest BCUT2D eigenvalue weighted by atomic mass is 32.2. The lowest BCUT2D eigenvalue weighted by atomic mass is 10.1. The maximum atomic E-state index is 9.77. The summed E-state index contributed by atoms with van der Waals surface area (Å²) in [6.07, 6.45) is -1.79. The van der Waals surface area contributed by atoms with Crippen LogP contribution in [0.3, 0.4) is 0 Å². The maximum absolute atomic E-state index is 9.77. The molecule has 1 aliphatic heterocycles. The van der Waals surface area contributed by atoms with Crippen molar-refractivity contribution in [3.63, 3.8) is 0 Å². The van der Waals surface area contributed by atoms with Crippen LogP contribution >= 0.6 is 11.8 Å². The number of rotatable bonds is 3. The minimum Gasteiger partial charge on any atom is -0.481 e. The van der Waals surface area contributed by atoms with Crippen LogP contribution in [0.25, 0.3) is 0 Å². The van der Waals surface area contributed by atoms with Crippen molar-refractivity contribution in [2.24, 2.45) is 0 Å². The van der Waals surface area contributed by atoms with Gasteiger partial charge in [0.05, 0.1) is 19.4 Å². The molecular weight excluding hydrogens is 258 g/mol. The number of ether oxygens (including phenoxy) is 2. The summed E-state index contributed by atoms with van der Waals surface area (Å²) < 4.78 is 10.4. The quantitative estimate of drug-likeness (QED) is 0.691. The first-order valence-corrected chi connectivity index (χ1v) is 6.49. The zero-order valence-electron chi connectivity index (χ0n) is 9.76. The van der Waals surface area contributed by atoms with Crippen LogP contribution in [0, 0.1) is 0 Å². The second-order valence-electron chi connectivity index (χ2n) is 3.90. The summed E-state index contributed by atoms with van der Waals surface area (Å²) in [4.78, 5) is 3.97. The van der Waals surface area contributed by atoms with Crippen molar-refractivity contribution < 1.29 is 24.8 Å². The zero-order valence-corrected chi connectivity index (χ0v) is 10.6. The molecule has 1 aromatic heterocycles. The number of aliphatic hydroxyl groups is 3. The lowest BCUT2D eigenvalue weighted by molar-refractivity contribution is -0.0786. The Bertz CT molecular complexity index is 388. The highest BCUT2D eigenvalue weighted by Gasteiger charge is 2.38. The average Bonchev–Trinajstić information content (AvgIpc) is 2.40. The van der Waals surface area contributed by atoms with Crippen molar-refractivity contribution >= 4 is 11.8 Å². The number of methoxy groups -OCH3 is 1. The molecule has 1 saturated heterocycles. The van der Waals surface area contributed by atoms with Crippen molar-refractivity contribution in [3.8, 4) is 11.6 Å². The van der Waals surface area contributed by atoms with E-state index >= 15 is 0 Å². The average molecular weight is 273 g/mol. The van der Waals surface area contributed by atoms with Gasteiger partial charge >= 0.3 is 0 Å². The number of hydrogen-bond donors (Lipinski definition) is 3. The Morgan fingerprint density at radius 2 is 2.06 bits per heavy atom. The monoisotopic (exact) mass is 273 g/mol. The van der Waals surface area contributed by atoms with Gasteiger partial charge in [-0.1, -0.05) is 0 Å². The van der Waals surface area contributed by atoms with Crippen molar-refractivity contribution in [3.05, 3.63) is 18.3 Å². The predicted octanol–water partition coefficient (Wildman–Crippen LogP) is -0.375. The van der Waals surface area contributed by atoms with E-state index in [0.29, 0.717) is 17.4 Å². The smallest absolute Gasteiger partial charge is 0.213 e. The number of aliphatic hydroxyl groups excluding tert-OH is 3. The van der Waals surface area contributed by atoms with Crippen LogP contribution in [0.15, 0.2) is 18.3 Å². The molecule has 1 fully saturated rings. The molecule has 4 atom stereocenters. The molecule has 0 aromatic carbocycles. The van der Waals surface area contributed by atoms with Gasteiger partial charge in [-0.15, -0.1) is 11.8 Å². The van der Waals surface area contributed by atoms with Gasteiger partial charge in [-0.3, -0.25) is 0 Å². The van der Waals surface area contributed by atoms with E-state index in [2.05, 4.69) is 4.98 Å². The predicted molar refractivity (Wildman–Crippen MR) is 65.7 cm³/mol. The van der Waals surface area contributed by atoms with E-state index in [0.717, 1.165) is 0 Å². The Morgan fingerprint density at radius 3 is 2.67 bits per heavy atom. The summed E-state index contributed by atoms with van der Waals surface area (Å²) in [5.41, 5.74) is -0.626. The Hall–Kier alpha value is -1.02. The number of aromatic nitrogens is 1. The van der Waals surface area contributed by atoms with Gasteiger partial charge in [0.2, 0.25) is 5.88 Å². The molecule has 0 bridgehead atoms. The van der Waals surface area contributed by atoms with Crippen LogP contribution in [0.4, 0.5) is 0 Å². The summed E-state index contributed by atoms with van der Waals surface area (Å²) in [5.74, 6) is 1.25. The Kier molecular flexibility index (Phi) is 4.28. The largest absolute Gasteiger partial charge is 0.481 e. The fourth-order valence-electron chi connectivity index (χ4n) is 1.57. The number of thioether (sulfide) groups is 1. The molecule has 0 aliphatic carbocycles. The standard InChI is InChI=1S/C11H15NO5S/c1-16-8-3-2-6(4-12-8)17-11-10(15)9(14)7(13)5-18-11/h2-4,7,9-11,13-15H,5H2,1H3/t7-,9+,10-,11-/m1/s1. The summed E-state index contributed by atoms with van der Waals surface area (Å²) in [6, 6.07) is 3.30. The number of pyridine rings is 1. The molecule has 0 amide bonds. The molecule has 0 unspecified atom stereocenters. The van der Waals surface area contributed by atoms with Gasteiger partial charge in [0.25, 0.3) is 0 Å². The minimum atomic E-state index is -1.19. The van der Waals surface area contributed by atoms with Crippen LogP contribution < -0.4 is 9.47 Å². The van der Waals surface area contributed by atoms with Gasteiger partial charge in [-0.2, -0.15) is 0 Å². The molecule has 0 radical (unpaired) electrons. The molecule has 1 aliphatic rings. The van der Waals surface area contributed by atoms with Crippen LogP contribution in [0.2, 0.25) is 0 Å². The fraction of sp³-hybridized carbons (Fsp3) is 0.545. The molecular formula is C11H15NO5S. The zero-order chi connectivity index (χ0) is 13.1. The highest BCUT2D eigenvalue weighted by Crippen LogP contribution is 2.29. The summed E-state index contributed by atoms with van der Waals surface area (Å²) in [7, 11) is 1.52. The lowest BCUT2D eigenvalue weighted by Crippen LogP contribution is -2.50. The molecule has 2 heterocycles. The minimum absolute atomic E-state index is 0.312. The van der Waals surface area contributed by atoms with E-state index in [9.17, 15) is 15.3 Å². The first kappa shape index (κ1) is 13.4. The van der Waals surface area contributed by atoms with Gasteiger partial charge in [0.1, 0.15) is 18.0 Å². The Balaban J connectivity index is 2.00. The number of hydrogen-bond acceptors (Lipinski definition) is 7. The van der Waals surface area contributed by atoms with Crippen molar-refractivity contribution in [2.45, 2.75) is 23.7 Å². The summed E-state index contributed by atoms with van der Waals surface area (Å²) >= 11 is 1.25. The van der Waals surface area contributed by atoms with Crippen molar-refractivity contribution in [2.75, 3.05) is 12.9 Å². The number of nitrogens with zero attached hydrogens (tertiary/aromatic N) is 1. The normalized spacial score (nSPS) is 32.0. The molecule has 7 heteroatoms. The second-order valence-corrected chi connectivity index (χ2v) is 5.04. The van der Waals surface area contributed by atoms with Gasteiger partial charge in [-0.05, 0) is 6.07 Å². The summed E-state index contributed by atoms with van der Waals surface area (Å²) in [6.45, 7) is 0. The summed E-state index contributed by atoms with van der Waals surface area (Å²) in [5, 5.41) is 28.7. The lowest BCUT2D eigenvalue weighted by Gasteiger charge is -2.34. The van der Waals surface area contributed by atoms with Crippen LogP contribution in [-0.4, -0.2) is 56.9 Å². The highest BCUT2D eigenvalue weighted by molar-refractivity contribution is 7.99. The van der Waals surface area contributed by atoms with Gasteiger partial charge < -0.3 is 24.8 Å². The van der Waals surface area contributed by atoms with E-state index in [-0.39, 0.29) is 0 Å². The molecule has 0 saturated carbocycles. The molecule has 3 N–H and O–H groups in total. The van der Waals surface area contributed by atoms with E-state index in [1.54, 1.807) is 12.1 Å². The van der Waals surface area contributed by atoms with Crippen LogP contribution in [0.5, 0.6) is 11.6 Å². The third kappa shape index (κ3) is 2.86. The van der Waals surface area contributed by atoms with Crippen LogP contribution in [-0.2, 0) is 0 Å². The Morgan fingerprint density at radius 1 is 1.28 bits per heavy atom. The molecule has 6 nitrogen and oxygen atoms in total. The van der Waals surface area contributed by atoms with Crippen molar-refractivity contribution in [1.82, 2.24) is 4.98 Å². The second kappa shape index (κ2) is 5.75. The van der Waals surface area contributed by atoms with Gasteiger partial charge in [0.15, 0.2) is 5.44 Å².